The zero-order chi connectivity index (χ0) is 12.1. The maximum Gasteiger partial charge on any atom is 0.0637 e. The Balaban J connectivity index is 2.92. The molecule has 0 bridgehead atoms. The van der Waals surface area contributed by atoms with Gasteiger partial charge in [-0.2, -0.15) is 0 Å². The number of methoxy groups -OCH3 is 1. The van der Waals surface area contributed by atoms with E-state index >= 15 is 0 Å². The molecule has 90 valence electrons. The van der Waals surface area contributed by atoms with E-state index in [0.717, 1.165) is 17.9 Å². The first-order chi connectivity index (χ1) is 7.56. The van der Waals surface area contributed by atoms with Crippen molar-refractivity contribution in [2.24, 2.45) is 0 Å². The quantitative estimate of drug-likeness (QED) is 0.778. The van der Waals surface area contributed by atoms with Crippen LogP contribution in [0.2, 0.25) is 0 Å². The molecule has 1 aromatic carbocycles. The van der Waals surface area contributed by atoms with Gasteiger partial charge < -0.3 is 15.4 Å². The van der Waals surface area contributed by atoms with Crippen LogP contribution in [0.1, 0.15) is 19.4 Å². The van der Waals surface area contributed by atoms with E-state index in [9.17, 15) is 0 Å². The van der Waals surface area contributed by atoms with Crippen LogP contribution in [0, 0.1) is 6.92 Å². The summed E-state index contributed by atoms with van der Waals surface area (Å²) in [5, 5.41) is 0. The Hall–Kier alpha value is -1.22. The van der Waals surface area contributed by atoms with Crippen LogP contribution in [0.5, 0.6) is 0 Å². The third kappa shape index (κ3) is 3.14. The van der Waals surface area contributed by atoms with E-state index in [-0.39, 0.29) is 0 Å². The second-order valence-electron chi connectivity index (χ2n) is 4.34. The van der Waals surface area contributed by atoms with Gasteiger partial charge in [-0.25, -0.2) is 0 Å². The minimum absolute atomic E-state index is 0.417. The highest BCUT2D eigenvalue weighted by Crippen LogP contribution is 2.25. The van der Waals surface area contributed by atoms with E-state index in [1.54, 1.807) is 7.11 Å². The topological polar surface area (TPSA) is 38.5 Å². The summed E-state index contributed by atoms with van der Waals surface area (Å²) in [6.07, 6.45) is 0. The lowest BCUT2D eigenvalue weighted by atomic mass is 10.1. The number of nitrogens with zero attached hydrogens (tertiary/aromatic N) is 1. The van der Waals surface area contributed by atoms with Crippen LogP contribution < -0.4 is 10.6 Å². The van der Waals surface area contributed by atoms with Crippen LogP contribution in [0.3, 0.4) is 0 Å². The molecule has 0 fully saturated rings. The zero-order valence-electron chi connectivity index (χ0n) is 10.7. The van der Waals surface area contributed by atoms with Crippen molar-refractivity contribution in [2.75, 3.05) is 30.9 Å². The van der Waals surface area contributed by atoms with Gasteiger partial charge in [0, 0.05) is 19.7 Å². The number of benzene rings is 1. The van der Waals surface area contributed by atoms with Gasteiger partial charge in [-0.1, -0.05) is 6.07 Å². The van der Waals surface area contributed by atoms with E-state index in [1.807, 2.05) is 6.07 Å². The fourth-order valence-electron chi connectivity index (χ4n) is 1.78. The molecule has 0 aliphatic heterocycles. The molecule has 2 N–H and O–H groups in total. The number of nitrogen functional groups attached to an aromatic ring is 1. The Bertz CT molecular complexity index is 337. The predicted molar refractivity (Wildman–Crippen MR) is 69.9 cm³/mol. The maximum atomic E-state index is 6.05. The minimum atomic E-state index is 0.417. The lowest BCUT2D eigenvalue weighted by molar-refractivity contribution is 0.204. The normalized spacial score (nSPS) is 10.8. The molecule has 0 radical (unpaired) electrons. The van der Waals surface area contributed by atoms with Crippen molar-refractivity contribution in [2.45, 2.75) is 26.8 Å². The number of hydrogen-bond donors (Lipinski definition) is 1. The van der Waals surface area contributed by atoms with Crippen LogP contribution in [-0.4, -0.2) is 26.3 Å². The van der Waals surface area contributed by atoms with E-state index in [0.29, 0.717) is 12.6 Å². The van der Waals surface area contributed by atoms with E-state index in [4.69, 9.17) is 10.5 Å². The molecule has 0 atom stereocenters. The molecule has 3 heteroatoms. The van der Waals surface area contributed by atoms with Gasteiger partial charge in [-0.15, -0.1) is 0 Å². The van der Waals surface area contributed by atoms with Gasteiger partial charge in [0.2, 0.25) is 0 Å². The molecule has 0 unspecified atom stereocenters. The fraction of sp³-hybridized carbons (Fsp3) is 0.538. The average Bonchev–Trinajstić information content (AvgIpc) is 2.20. The Labute approximate surface area is 98.2 Å². The number of rotatable bonds is 5. The van der Waals surface area contributed by atoms with Gasteiger partial charge in [0.25, 0.3) is 0 Å². The largest absolute Gasteiger partial charge is 0.397 e. The van der Waals surface area contributed by atoms with Crippen LogP contribution in [0.4, 0.5) is 11.4 Å². The summed E-state index contributed by atoms with van der Waals surface area (Å²) >= 11 is 0. The molecule has 0 spiro atoms. The Morgan fingerprint density at radius 3 is 2.56 bits per heavy atom. The first kappa shape index (κ1) is 12.8. The Morgan fingerprint density at radius 2 is 2.06 bits per heavy atom. The van der Waals surface area contributed by atoms with E-state index in [2.05, 4.69) is 37.8 Å². The monoisotopic (exact) mass is 222 g/mol. The van der Waals surface area contributed by atoms with Crippen molar-refractivity contribution < 1.29 is 4.74 Å². The average molecular weight is 222 g/mol. The molecule has 0 saturated heterocycles. The van der Waals surface area contributed by atoms with Gasteiger partial charge in [-0.3, -0.25) is 0 Å². The number of hydrogen-bond acceptors (Lipinski definition) is 3. The molecule has 16 heavy (non-hydrogen) atoms. The molecule has 0 aliphatic carbocycles. The smallest absolute Gasteiger partial charge is 0.0637 e. The Kier molecular flexibility index (Phi) is 4.62. The Morgan fingerprint density at radius 1 is 1.38 bits per heavy atom. The summed E-state index contributed by atoms with van der Waals surface area (Å²) < 4.78 is 5.13. The minimum Gasteiger partial charge on any atom is -0.397 e. The second-order valence-corrected chi connectivity index (χ2v) is 4.34. The van der Waals surface area contributed by atoms with Crippen LogP contribution >= 0.6 is 0 Å². The molecule has 1 aromatic rings. The van der Waals surface area contributed by atoms with Crippen molar-refractivity contribution in [3.8, 4) is 0 Å². The summed E-state index contributed by atoms with van der Waals surface area (Å²) in [6.45, 7) is 7.95. The zero-order valence-corrected chi connectivity index (χ0v) is 10.7. The van der Waals surface area contributed by atoms with Gasteiger partial charge in [0.05, 0.1) is 18.0 Å². The lowest BCUT2D eigenvalue weighted by Crippen LogP contribution is -2.34. The van der Waals surface area contributed by atoms with Crippen molar-refractivity contribution in [3.05, 3.63) is 23.8 Å². The number of nitrogens with two attached hydrogens (primary N) is 1. The summed E-state index contributed by atoms with van der Waals surface area (Å²) in [7, 11) is 1.72. The lowest BCUT2D eigenvalue weighted by Gasteiger charge is -2.30. The standard InChI is InChI=1S/C13H22N2O/c1-10(2)15(7-8-16-4)13-6-5-11(3)9-12(13)14/h5-6,9-10H,7-8,14H2,1-4H3. The molecule has 1 rings (SSSR count). The first-order valence-electron chi connectivity index (χ1n) is 5.68. The van der Waals surface area contributed by atoms with Crippen molar-refractivity contribution >= 4 is 11.4 Å². The third-order valence-corrected chi connectivity index (χ3v) is 2.65. The summed E-state index contributed by atoms with van der Waals surface area (Å²) in [4.78, 5) is 2.26. The molecule has 0 amide bonds. The summed E-state index contributed by atoms with van der Waals surface area (Å²) in [5.74, 6) is 0. The van der Waals surface area contributed by atoms with Crippen molar-refractivity contribution in [1.29, 1.82) is 0 Å². The van der Waals surface area contributed by atoms with E-state index in [1.165, 1.54) is 5.56 Å². The van der Waals surface area contributed by atoms with Gasteiger partial charge >= 0.3 is 0 Å². The predicted octanol–water partition coefficient (Wildman–Crippen LogP) is 2.44. The van der Waals surface area contributed by atoms with Crippen molar-refractivity contribution in [1.82, 2.24) is 0 Å². The summed E-state index contributed by atoms with van der Waals surface area (Å²) in [5.41, 5.74) is 9.17. The highest BCUT2D eigenvalue weighted by Gasteiger charge is 2.12. The van der Waals surface area contributed by atoms with Gasteiger partial charge in [-0.05, 0) is 38.5 Å². The highest BCUT2D eigenvalue weighted by atomic mass is 16.5. The van der Waals surface area contributed by atoms with Gasteiger partial charge in [0.1, 0.15) is 0 Å². The number of anilines is 2. The second kappa shape index (κ2) is 5.75. The fourth-order valence-corrected chi connectivity index (χ4v) is 1.78. The molecular formula is C13H22N2O. The van der Waals surface area contributed by atoms with Crippen molar-refractivity contribution in [3.63, 3.8) is 0 Å². The molecular weight excluding hydrogens is 200 g/mol. The molecule has 0 heterocycles. The highest BCUT2D eigenvalue weighted by molar-refractivity contribution is 5.68. The molecule has 3 nitrogen and oxygen atoms in total. The van der Waals surface area contributed by atoms with Crippen LogP contribution in [0.15, 0.2) is 18.2 Å². The van der Waals surface area contributed by atoms with E-state index < -0.39 is 0 Å². The molecule has 0 aliphatic rings. The molecule has 0 aromatic heterocycles. The maximum absolute atomic E-state index is 6.05. The SMILES string of the molecule is COCCN(c1ccc(C)cc1N)C(C)C. The number of ether oxygens (including phenoxy) is 1. The number of aryl methyl sites for hydroxylation is 1. The third-order valence-electron chi connectivity index (χ3n) is 2.65. The first-order valence-corrected chi connectivity index (χ1v) is 5.68. The van der Waals surface area contributed by atoms with Gasteiger partial charge in [0.15, 0.2) is 0 Å². The van der Waals surface area contributed by atoms with Crippen LogP contribution in [0.25, 0.3) is 0 Å². The summed E-state index contributed by atoms with van der Waals surface area (Å²) in [6, 6.07) is 6.60. The van der Waals surface area contributed by atoms with Crippen LogP contribution in [-0.2, 0) is 4.74 Å². The molecule has 0 saturated carbocycles.